The SMILES string of the molecule is Cc1cc(C(=O)N2C[C@@H]3C[C@H](C2)c2ccc(CN4CCCC4)c(=O)n2C3)ccc1F. The Balaban J connectivity index is 1.38. The highest BCUT2D eigenvalue weighted by atomic mass is 19.1. The van der Waals surface area contributed by atoms with Gasteiger partial charge in [0, 0.05) is 48.9 Å². The number of hydrogen-bond donors (Lipinski definition) is 0. The highest BCUT2D eigenvalue weighted by Gasteiger charge is 2.37. The van der Waals surface area contributed by atoms with Crippen LogP contribution >= 0.6 is 0 Å². The minimum atomic E-state index is -0.292. The van der Waals surface area contributed by atoms with Gasteiger partial charge in [0.25, 0.3) is 11.5 Å². The minimum Gasteiger partial charge on any atom is -0.338 e. The van der Waals surface area contributed by atoms with Gasteiger partial charge in [-0.05, 0) is 75.0 Å². The maximum atomic E-state index is 13.6. The molecule has 5 rings (SSSR count). The lowest BCUT2D eigenvalue weighted by atomic mass is 9.82. The smallest absolute Gasteiger partial charge is 0.255 e. The molecule has 5 nitrogen and oxygen atoms in total. The highest BCUT2D eigenvalue weighted by Crippen LogP contribution is 2.36. The molecule has 3 aliphatic heterocycles. The fourth-order valence-corrected chi connectivity index (χ4v) is 5.42. The van der Waals surface area contributed by atoms with E-state index in [9.17, 15) is 14.0 Å². The Kier molecular flexibility index (Phi) is 4.97. The van der Waals surface area contributed by atoms with Crippen LogP contribution in [0.5, 0.6) is 0 Å². The van der Waals surface area contributed by atoms with Crippen molar-refractivity contribution in [2.24, 2.45) is 5.92 Å². The number of pyridine rings is 1. The standard InChI is InChI=1S/C24H28FN3O2/c1-16-10-18(4-6-21(16)25)23(29)27-12-17-11-20(15-27)22-7-5-19(24(30)28(22)13-17)14-26-8-2-3-9-26/h4-7,10,17,20H,2-3,8-9,11-15H2,1H3/t17-,20+/m0/s1. The van der Waals surface area contributed by atoms with Gasteiger partial charge >= 0.3 is 0 Å². The molecule has 158 valence electrons. The predicted octanol–water partition coefficient (Wildman–Crippen LogP) is 3.15. The average Bonchev–Trinajstić information content (AvgIpc) is 3.25. The van der Waals surface area contributed by atoms with Crippen LogP contribution in [0.1, 0.15) is 52.4 Å². The lowest BCUT2D eigenvalue weighted by molar-refractivity contribution is 0.0594. The van der Waals surface area contributed by atoms with Crippen LogP contribution in [0.2, 0.25) is 0 Å². The topological polar surface area (TPSA) is 45.6 Å². The lowest BCUT2D eigenvalue weighted by Crippen LogP contribution is -2.49. The number of likely N-dealkylation sites (tertiary alicyclic amines) is 2. The third-order valence-corrected chi connectivity index (χ3v) is 6.97. The Morgan fingerprint density at radius 1 is 1.10 bits per heavy atom. The molecule has 2 atom stereocenters. The van der Waals surface area contributed by atoms with Crippen LogP contribution in [-0.4, -0.2) is 46.5 Å². The van der Waals surface area contributed by atoms with Crippen LogP contribution in [-0.2, 0) is 13.1 Å². The van der Waals surface area contributed by atoms with Crippen LogP contribution in [0.3, 0.4) is 0 Å². The van der Waals surface area contributed by atoms with E-state index in [1.165, 1.54) is 18.9 Å². The van der Waals surface area contributed by atoms with Gasteiger partial charge < -0.3 is 9.47 Å². The van der Waals surface area contributed by atoms with Crippen LogP contribution in [0.15, 0.2) is 35.1 Å². The molecule has 2 fully saturated rings. The molecule has 1 aromatic heterocycles. The zero-order chi connectivity index (χ0) is 20.8. The molecule has 0 spiro atoms. The van der Waals surface area contributed by atoms with Crippen LogP contribution in [0, 0.1) is 18.7 Å². The Morgan fingerprint density at radius 2 is 1.90 bits per heavy atom. The first-order valence-corrected chi connectivity index (χ1v) is 11.0. The fraction of sp³-hybridized carbons (Fsp3) is 0.500. The van der Waals surface area contributed by atoms with Gasteiger partial charge in [0.05, 0.1) is 0 Å². The summed E-state index contributed by atoms with van der Waals surface area (Å²) in [6, 6.07) is 8.66. The van der Waals surface area contributed by atoms with Gasteiger partial charge in [0.2, 0.25) is 0 Å². The van der Waals surface area contributed by atoms with Crippen molar-refractivity contribution in [1.29, 1.82) is 0 Å². The molecule has 1 aromatic carbocycles. The molecular weight excluding hydrogens is 381 g/mol. The number of amides is 1. The summed E-state index contributed by atoms with van der Waals surface area (Å²) >= 11 is 0. The molecule has 0 saturated carbocycles. The molecule has 4 heterocycles. The van der Waals surface area contributed by atoms with Gasteiger partial charge in [-0.1, -0.05) is 6.07 Å². The second kappa shape index (κ2) is 7.65. The summed E-state index contributed by atoms with van der Waals surface area (Å²) in [4.78, 5) is 30.5. The van der Waals surface area contributed by atoms with Crippen LogP contribution in [0.4, 0.5) is 4.39 Å². The molecule has 0 aliphatic carbocycles. The van der Waals surface area contributed by atoms with Crippen molar-refractivity contribution in [3.8, 4) is 0 Å². The number of aromatic nitrogens is 1. The van der Waals surface area contributed by atoms with E-state index in [0.29, 0.717) is 30.8 Å². The third kappa shape index (κ3) is 3.47. The number of aryl methyl sites for hydroxylation is 1. The quantitative estimate of drug-likeness (QED) is 0.782. The first kappa shape index (κ1) is 19.5. The monoisotopic (exact) mass is 409 g/mol. The van der Waals surface area contributed by atoms with Gasteiger partial charge in [-0.15, -0.1) is 0 Å². The maximum absolute atomic E-state index is 13.6. The van der Waals surface area contributed by atoms with Crippen molar-refractivity contribution < 1.29 is 9.18 Å². The molecular formula is C24H28FN3O2. The molecule has 0 N–H and O–H groups in total. The first-order chi connectivity index (χ1) is 14.5. The second-order valence-electron chi connectivity index (χ2n) is 9.16. The fourth-order valence-electron chi connectivity index (χ4n) is 5.42. The van der Waals surface area contributed by atoms with E-state index in [1.54, 1.807) is 19.1 Å². The van der Waals surface area contributed by atoms with Crippen molar-refractivity contribution in [3.63, 3.8) is 0 Å². The van der Waals surface area contributed by atoms with E-state index >= 15 is 0 Å². The van der Waals surface area contributed by atoms with Crippen molar-refractivity contribution in [2.45, 2.75) is 45.2 Å². The number of nitrogens with zero attached hydrogens (tertiary/aromatic N) is 3. The van der Waals surface area contributed by atoms with Gasteiger partial charge in [0.15, 0.2) is 0 Å². The van der Waals surface area contributed by atoms with Crippen molar-refractivity contribution >= 4 is 5.91 Å². The van der Waals surface area contributed by atoms with E-state index in [1.807, 2.05) is 15.5 Å². The Labute approximate surface area is 176 Å². The zero-order valence-electron chi connectivity index (χ0n) is 17.4. The maximum Gasteiger partial charge on any atom is 0.255 e. The normalized spacial score (nSPS) is 23.5. The number of carbonyl (C=O) groups is 1. The van der Waals surface area contributed by atoms with Gasteiger partial charge in [-0.3, -0.25) is 14.5 Å². The Bertz CT molecular complexity index is 1040. The first-order valence-electron chi connectivity index (χ1n) is 11.0. The lowest BCUT2D eigenvalue weighted by Gasteiger charge is -2.43. The summed E-state index contributed by atoms with van der Waals surface area (Å²) in [6.07, 6.45) is 3.44. The van der Waals surface area contributed by atoms with E-state index in [-0.39, 0.29) is 29.1 Å². The molecule has 2 saturated heterocycles. The molecule has 0 radical (unpaired) electrons. The van der Waals surface area contributed by atoms with Crippen molar-refractivity contribution in [3.05, 3.63) is 68.9 Å². The third-order valence-electron chi connectivity index (χ3n) is 6.97. The second-order valence-corrected chi connectivity index (χ2v) is 9.16. The number of fused-ring (bicyclic) bond motifs is 4. The molecule has 1 amide bonds. The molecule has 6 heteroatoms. The van der Waals surface area contributed by atoms with E-state index in [4.69, 9.17) is 0 Å². The Morgan fingerprint density at radius 3 is 2.67 bits per heavy atom. The predicted molar refractivity (Wildman–Crippen MR) is 113 cm³/mol. The molecule has 30 heavy (non-hydrogen) atoms. The molecule has 0 unspecified atom stereocenters. The summed E-state index contributed by atoms with van der Waals surface area (Å²) in [5.41, 5.74) is 3.10. The summed E-state index contributed by atoms with van der Waals surface area (Å²) in [5, 5.41) is 0. The molecule has 3 aliphatic rings. The van der Waals surface area contributed by atoms with E-state index in [2.05, 4.69) is 11.0 Å². The van der Waals surface area contributed by atoms with Crippen LogP contribution < -0.4 is 5.56 Å². The number of carbonyl (C=O) groups excluding carboxylic acids is 1. The number of halogens is 1. The largest absolute Gasteiger partial charge is 0.338 e. The average molecular weight is 410 g/mol. The molecule has 2 aromatic rings. The highest BCUT2D eigenvalue weighted by molar-refractivity contribution is 5.94. The number of rotatable bonds is 3. The number of benzene rings is 1. The number of piperidine rings is 1. The minimum absolute atomic E-state index is 0.0470. The van der Waals surface area contributed by atoms with Gasteiger partial charge in [0.1, 0.15) is 5.82 Å². The molecule has 2 bridgehead atoms. The van der Waals surface area contributed by atoms with Gasteiger partial charge in [-0.25, -0.2) is 4.39 Å². The van der Waals surface area contributed by atoms with E-state index in [0.717, 1.165) is 37.3 Å². The van der Waals surface area contributed by atoms with E-state index < -0.39 is 0 Å². The van der Waals surface area contributed by atoms with Gasteiger partial charge in [-0.2, -0.15) is 0 Å². The Hall–Kier alpha value is -2.47. The van der Waals surface area contributed by atoms with Crippen molar-refractivity contribution in [2.75, 3.05) is 26.2 Å². The summed E-state index contributed by atoms with van der Waals surface area (Å²) in [5.74, 6) is 0.118. The summed E-state index contributed by atoms with van der Waals surface area (Å²) in [6.45, 7) is 6.50. The number of hydrogen-bond acceptors (Lipinski definition) is 3. The summed E-state index contributed by atoms with van der Waals surface area (Å²) in [7, 11) is 0. The zero-order valence-corrected chi connectivity index (χ0v) is 17.4. The summed E-state index contributed by atoms with van der Waals surface area (Å²) < 4.78 is 15.6. The van der Waals surface area contributed by atoms with Crippen LogP contribution in [0.25, 0.3) is 0 Å². The van der Waals surface area contributed by atoms with Crippen molar-refractivity contribution in [1.82, 2.24) is 14.4 Å².